The Bertz CT molecular complexity index is 1470. The maximum atomic E-state index is 14.7. The van der Waals surface area contributed by atoms with Crippen molar-refractivity contribution < 1.29 is 32.2 Å². The molecule has 0 radical (unpaired) electrons. The second-order valence-corrected chi connectivity index (χ2v) is 11.2. The first-order valence-corrected chi connectivity index (χ1v) is 11.8. The third kappa shape index (κ3) is 2.63. The monoisotopic (exact) mass is 507 g/mol. The first-order chi connectivity index (χ1) is 16.8. The van der Waals surface area contributed by atoms with Gasteiger partial charge in [0.15, 0.2) is 23.0 Å². The van der Waals surface area contributed by atoms with Crippen molar-refractivity contribution in [1.82, 2.24) is 19.7 Å². The molecule has 4 aliphatic carbocycles. The Labute approximate surface area is 201 Å². The standard InChI is InChI=1S/C24H22F5N5O2/c1-34-19-13(17(33-34)12-2-14(24(27,28)29)16(26)18(35)15(12)25)8-30-20(31-19)32-23-5-10-3-21(36)6-11(7-23)22(23,4-10)9-21/h2,8,10-11,35-36H,3-7,9H2,1H3,(H,30,31,32). The van der Waals surface area contributed by atoms with E-state index in [0.717, 1.165) is 38.5 Å². The fourth-order valence-corrected chi connectivity index (χ4v) is 8.15. The zero-order chi connectivity index (χ0) is 25.4. The van der Waals surface area contributed by atoms with Crippen LogP contribution in [0, 0.1) is 28.9 Å². The summed E-state index contributed by atoms with van der Waals surface area (Å²) in [4.78, 5) is 8.91. The molecule has 190 valence electrons. The summed E-state index contributed by atoms with van der Waals surface area (Å²) in [6.07, 6.45) is 1.52. The lowest BCUT2D eigenvalue weighted by atomic mass is 9.51. The Hall–Kier alpha value is -3.02. The number of nitrogens with one attached hydrogen (secondary N) is 1. The highest BCUT2D eigenvalue weighted by molar-refractivity contribution is 5.91. The number of phenols is 1. The van der Waals surface area contributed by atoms with Crippen molar-refractivity contribution in [3.05, 3.63) is 29.5 Å². The number of phenolic OH excluding ortho intramolecular Hbond substituents is 1. The lowest BCUT2D eigenvalue weighted by molar-refractivity contribution is -0.140. The van der Waals surface area contributed by atoms with Crippen molar-refractivity contribution in [1.29, 1.82) is 0 Å². The van der Waals surface area contributed by atoms with Gasteiger partial charge in [0.1, 0.15) is 5.69 Å². The van der Waals surface area contributed by atoms with Crippen molar-refractivity contribution in [2.75, 3.05) is 5.32 Å². The molecule has 4 saturated carbocycles. The Morgan fingerprint density at radius 3 is 2.64 bits per heavy atom. The lowest BCUT2D eigenvalue weighted by Gasteiger charge is -2.59. The van der Waals surface area contributed by atoms with E-state index < -0.39 is 40.3 Å². The molecule has 2 heterocycles. The van der Waals surface area contributed by atoms with Gasteiger partial charge in [0.2, 0.25) is 5.95 Å². The molecular weight excluding hydrogens is 485 g/mol. The maximum Gasteiger partial charge on any atom is 0.419 e. The second-order valence-electron chi connectivity index (χ2n) is 11.2. The number of hydrogen-bond acceptors (Lipinski definition) is 6. The Kier molecular flexibility index (Phi) is 3.98. The van der Waals surface area contributed by atoms with Crippen LogP contribution in [-0.4, -0.2) is 41.1 Å². The van der Waals surface area contributed by atoms with E-state index >= 15 is 0 Å². The number of aryl methyl sites for hydroxylation is 1. The number of aromatic hydroxyl groups is 1. The molecule has 36 heavy (non-hydrogen) atoms. The number of nitrogens with zero attached hydrogens (tertiary/aromatic N) is 4. The number of aromatic nitrogens is 4. The van der Waals surface area contributed by atoms with Crippen LogP contribution in [0.3, 0.4) is 0 Å². The van der Waals surface area contributed by atoms with E-state index in [2.05, 4.69) is 20.4 Å². The number of aliphatic hydroxyl groups is 1. The smallest absolute Gasteiger partial charge is 0.419 e. The molecule has 3 N–H and O–H groups in total. The Balaban J connectivity index is 1.29. The van der Waals surface area contributed by atoms with Gasteiger partial charge in [0.25, 0.3) is 0 Å². The normalized spacial score (nSPS) is 34.3. The first kappa shape index (κ1) is 22.2. The highest BCUT2D eigenvalue weighted by Crippen LogP contribution is 2.78. The van der Waals surface area contributed by atoms with Crippen LogP contribution in [0.25, 0.3) is 22.3 Å². The van der Waals surface area contributed by atoms with Crippen LogP contribution in [0.2, 0.25) is 0 Å². The van der Waals surface area contributed by atoms with Crippen LogP contribution in [0.15, 0.2) is 12.3 Å². The number of alkyl halides is 3. The molecule has 2 aromatic heterocycles. The highest BCUT2D eigenvalue weighted by atomic mass is 19.4. The summed E-state index contributed by atoms with van der Waals surface area (Å²) < 4.78 is 69.8. The van der Waals surface area contributed by atoms with Crippen LogP contribution in [-0.2, 0) is 13.2 Å². The van der Waals surface area contributed by atoms with Crippen molar-refractivity contribution in [3.63, 3.8) is 0 Å². The SMILES string of the molecule is Cn1nc(-c2cc(C(F)(F)F)c(F)c(O)c2F)c2cnc(NC34CC5CC6(O)CC(C3)C4(C5)C6)nc21. The molecule has 0 saturated heterocycles. The Morgan fingerprint density at radius 2 is 1.89 bits per heavy atom. The van der Waals surface area contributed by atoms with E-state index in [4.69, 9.17) is 0 Å². The van der Waals surface area contributed by atoms with Gasteiger partial charge in [-0.05, 0) is 61.8 Å². The number of hydrogen-bond donors (Lipinski definition) is 3. The molecule has 0 aliphatic heterocycles. The molecule has 1 aromatic carbocycles. The van der Waals surface area contributed by atoms with Gasteiger partial charge in [-0.3, -0.25) is 0 Å². The predicted octanol–water partition coefficient (Wildman–Crippen LogP) is 4.53. The molecular formula is C24H22F5N5O2. The summed E-state index contributed by atoms with van der Waals surface area (Å²) in [5, 5.41) is 28.5. The number of fused-ring (bicyclic) bond motifs is 3. The Morgan fingerprint density at radius 1 is 1.11 bits per heavy atom. The van der Waals surface area contributed by atoms with E-state index in [1.54, 1.807) is 0 Å². The molecule has 7 nitrogen and oxygen atoms in total. The quantitative estimate of drug-likeness (QED) is 0.451. The number of anilines is 1. The second kappa shape index (κ2) is 6.45. The summed E-state index contributed by atoms with van der Waals surface area (Å²) in [5.74, 6) is -4.12. The van der Waals surface area contributed by atoms with Gasteiger partial charge in [-0.2, -0.15) is 23.3 Å². The summed E-state index contributed by atoms with van der Waals surface area (Å²) >= 11 is 0. The fourth-order valence-electron chi connectivity index (χ4n) is 8.15. The van der Waals surface area contributed by atoms with Crippen LogP contribution in [0.5, 0.6) is 5.75 Å². The molecule has 4 fully saturated rings. The summed E-state index contributed by atoms with van der Waals surface area (Å²) in [6.45, 7) is 0. The minimum atomic E-state index is -5.15. The minimum Gasteiger partial charge on any atom is -0.503 e. The highest BCUT2D eigenvalue weighted by Gasteiger charge is 2.77. The van der Waals surface area contributed by atoms with Crippen molar-refractivity contribution in [2.45, 2.75) is 55.8 Å². The first-order valence-electron chi connectivity index (χ1n) is 11.8. The van der Waals surface area contributed by atoms with E-state index in [1.807, 2.05) is 0 Å². The summed E-state index contributed by atoms with van der Waals surface area (Å²) in [6, 6.07) is 0.297. The number of benzene rings is 1. The molecule has 4 aliphatic rings. The van der Waals surface area contributed by atoms with Crippen LogP contribution in [0.1, 0.15) is 44.1 Å². The van der Waals surface area contributed by atoms with Gasteiger partial charge in [-0.1, -0.05) is 0 Å². The van der Waals surface area contributed by atoms with Crippen molar-refractivity contribution >= 4 is 17.0 Å². The van der Waals surface area contributed by atoms with Crippen LogP contribution in [0.4, 0.5) is 27.9 Å². The van der Waals surface area contributed by atoms with Gasteiger partial charge >= 0.3 is 6.18 Å². The van der Waals surface area contributed by atoms with Crippen LogP contribution < -0.4 is 5.32 Å². The summed E-state index contributed by atoms with van der Waals surface area (Å²) in [5.41, 5.74) is -3.28. The molecule has 0 amide bonds. The van der Waals surface area contributed by atoms with Gasteiger partial charge in [-0.15, -0.1) is 0 Å². The average molecular weight is 507 g/mol. The average Bonchev–Trinajstić information content (AvgIpc) is 3.26. The molecule has 5 unspecified atom stereocenters. The number of halogens is 5. The minimum absolute atomic E-state index is 0.0172. The fraction of sp³-hybridized carbons (Fsp3) is 0.542. The van der Waals surface area contributed by atoms with E-state index in [0.29, 0.717) is 23.9 Å². The zero-order valence-electron chi connectivity index (χ0n) is 19.1. The molecule has 3 bridgehead atoms. The lowest BCUT2D eigenvalue weighted by Crippen LogP contribution is -2.62. The van der Waals surface area contributed by atoms with E-state index in [1.165, 1.54) is 17.9 Å². The van der Waals surface area contributed by atoms with E-state index in [9.17, 15) is 32.2 Å². The molecule has 1 spiro atoms. The summed E-state index contributed by atoms with van der Waals surface area (Å²) in [7, 11) is 1.50. The van der Waals surface area contributed by atoms with E-state index in [-0.39, 0.29) is 27.7 Å². The molecule has 12 heteroatoms. The van der Waals surface area contributed by atoms with Gasteiger partial charge in [0.05, 0.1) is 16.6 Å². The maximum absolute atomic E-state index is 14.7. The molecule has 5 atom stereocenters. The van der Waals surface area contributed by atoms with Gasteiger partial charge < -0.3 is 15.5 Å². The number of rotatable bonds is 3. The van der Waals surface area contributed by atoms with Gasteiger partial charge in [0, 0.05) is 24.3 Å². The predicted molar refractivity (Wildman–Crippen MR) is 117 cm³/mol. The van der Waals surface area contributed by atoms with Crippen molar-refractivity contribution in [3.8, 4) is 17.0 Å². The topological polar surface area (TPSA) is 96.1 Å². The van der Waals surface area contributed by atoms with Crippen molar-refractivity contribution in [2.24, 2.45) is 24.3 Å². The molecule has 3 aromatic rings. The van der Waals surface area contributed by atoms with Gasteiger partial charge in [-0.25, -0.2) is 18.4 Å². The van der Waals surface area contributed by atoms with Crippen LogP contribution >= 0.6 is 0 Å². The third-order valence-electron chi connectivity index (χ3n) is 9.23. The zero-order valence-corrected chi connectivity index (χ0v) is 19.1. The third-order valence-corrected chi connectivity index (χ3v) is 9.23. The molecule has 7 rings (SSSR count). The largest absolute Gasteiger partial charge is 0.503 e.